The number of hydrogen-bond acceptors (Lipinski definition) is 0. The van der Waals surface area contributed by atoms with E-state index in [1.54, 1.807) is 0 Å². The third-order valence-corrected chi connectivity index (χ3v) is 3.24. The molecule has 0 heterocycles. The largest absolute Gasteiger partial charge is 1.00 e. The highest BCUT2D eigenvalue weighted by Crippen LogP contribution is 2.23. The van der Waals surface area contributed by atoms with Crippen molar-refractivity contribution in [2.75, 3.05) is 19.6 Å². The number of hydrogen-bond donors (Lipinski definition) is 0. The van der Waals surface area contributed by atoms with Gasteiger partial charge in [-0.05, 0) is 41.5 Å². The van der Waals surface area contributed by atoms with Crippen LogP contribution < -0.4 is 17.0 Å². The maximum atomic E-state index is 2.34. The molecule has 0 bridgehead atoms. The van der Waals surface area contributed by atoms with Crippen molar-refractivity contribution >= 4 is 0 Å². The van der Waals surface area contributed by atoms with Gasteiger partial charge in [-0.3, -0.25) is 0 Å². The molecular formula is C10H24BrN. The molecule has 0 atom stereocenters. The van der Waals surface area contributed by atoms with Crippen LogP contribution in [0.5, 0.6) is 0 Å². The molecule has 2 heteroatoms. The molecule has 76 valence electrons. The van der Waals surface area contributed by atoms with Crippen molar-refractivity contribution in [3.05, 3.63) is 0 Å². The van der Waals surface area contributed by atoms with E-state index < -0.39 is 0 Å². The highest BCUT2D eigenvalue weighted by Gasteiger charge is 2.35. The second kappa shape index (κ2) is 5.23. The van der Waals surface area contributed by atoms with E-state index in [1.807, 2.05) is 0 Å². The fourth-order valence-corrected chi connectivity index (χ4v) is 2.09. The summed E-state index contributed by atoms with van der Waals surface area (Å²) in [5, 5.41) is 0. The summed E-state index contributed by atoms with van der Waals surface area (Å²) >= 11 is 0. The maximum absolute atomic E-state index is 2.34. The molecule has 0 saturated carbocycles. The molecule has 0 aliphatic carbocycles. The Bertz CT molecular complexity index is 103. The number of nitrogens with zero attached hydrogens (tertiary/aromatic N) is 1. The molecule has 0 unspecified atom stereocenters. The van der Waals surface area contributed by atoms with E-state index in [0.29, 0.717) is 5.54 Å². The lowest BCUT2D eigenvalue weighted by Crippen LogP contribution is -3.00. The van der Waals surface area contributed by atoms with E-state index in [-0.39, 0.29) is 17.0 Å². The Morgan fingerprint density at radius 1 is 0.833 bits per heavy atom. The van der Waals surface area contributed by atoms with E-state index in [0.717, 1.165) is 0 Å². The Kier molecular flexibility index (Phi) is 6.51. The number of quaternary nitrogens is 1. The van der Waals surface area contributed by atoms with Crippen molar-refractivity contribution in [3.63, 3.8) is 0 Å². The third-order valence-electron chi connectivity index (χ3n) is 3.24. The minimum absolute atomic E-state index is 0. The smallest absolute Gasteiger partial charge is 0.0907 e. The molecule has 0 aliphatic heterocycles. The van der Waals surface area contributed by atoms with Crippen molar-refractivity contribution < 1.29 is 21.5 Å². The third kappa shape index (κ3) is 2.74. The van der Waals surface area contributed by atoms with E-state index >= 15 is 0 Å². The van der Waals surface area contributed by atoms with Crippen LogP contribution >= 0.6 is 0 Å². The zero-order chi connectivity index (χ0) is 9.12. The minimum atomic E-state index is 0. The van der Waals surface area contributed by atoms with Gasteiger partial charge in [-0.15, -0.1) is 0 Å². The van der Waals surface area contributed by atoms with Gasteiger partial charge in [-0.1, -0.05) is 0 Å². The van der Waals surface area contributed by atoms with Crippen LogP contribution in [0.2, 0.25) is 0 Å². The lowest BCUT2D eigenvalue weighted by atomic mass is 10.0. The summed E-state index contributed by atoms with van der Waals surface area (Å²) in [5.74, 6) is 0. The monoisotopic (exact) mass is 237 g/mol. The molecule has 0 aromatic carbocycles. The SMILES string of the molecule is CC[N+](CC)(CC)C(C)(C)C.[Br-]. The predicted molar refractivity (Wildman–Crippen MR) is 51.6 cm³/mol. The van der Waals surface area contributed by atoms with Crippen molar-refractivity contribution in [1.29, 1.82) is 0 Å². The number of halogens is 1. The van der Waals surface area contributed by atoms with Crippen LogP contribution in [0.15, 0.2) is 0 Å². The summed E-state index contributed by atoms with van der Waals surface area (Å²) in [6.45, 7) is 17.6. The zero-order valence-corrected chi connectivity index (χ0v) is 11.0. The van der Waals surface area contributed by atoms with E-state index in [4.69, 9.17) is 0 Å². The molecule has 0 fully saturated rings. The van der Waals surface area contributed by atoms with Crippen LogP contribution in [-0.4, -0.2) is 29.7 Å². The highest BCUT2D eigenvalue weighted by atomic mass is 79.9. The fraction of sp³-hybridized carbons (Fsp3) is 1.00. The van der Waals surface area contributed by atoms with E-state index in [2.05, 4.69) is 41.5 Å². The molecule has 1 nitrogen and oxygen atoms in total. The van der Waals surface area contributed by atoms with E-state index in [9.17, 15) is 0 Å². The zero-order valence-electron chi connectivity index (χ0n) is 9.45. The van der Waals surface area contributed by atoms with Crippen LogP contribution in [0.4, 0.5) is 0 Å². The lowest BCUT2D eigenvalue weighted by Gasteiger charge is -2.47. The van der Waals surface area contributed by atoms with Crippen molar-refractivity contribution in [1.82, 2.24) is 0 Å². The van der Waals surface area contributed by atoms with Gasteiger partial charge in [0.05, 0.1) is 25.2 Å². The number of rotatable bonds is 3. The minimum Gasteiger partial charge on any atom is -1.00 e. The summed E-state index contributed by atoms with van der Waals surface area (Å²) in [6, 6.07) is 0. The highest BCUT2D eigenvalue weighted by molar-refractivity contribution is 4.62. The molecule has 0 aromatic heterocycles. The first-order valence-electron chi connectivity index (χ1n) is 4.79. The predicted octanol–water partition coefficient (Wildman–Crippen LogP) is -0.335. The molecule has 12 heavy (non-hydrogen) atoms. The summed E-state index contributed by atoms with van der Waals surface area (Å²) in [7, 11) is 0. The maximum Gasteiger partial charge on any atom is 0.0907 e. The van der Waals surface area contributed by atoms with Gasteiger partial charge in [0, 0.05) is 0 Å². The Morgan fingerprint density at radius 3 is 1.08 bits per heavy atom. The van der Waals surface area contributed by atoms with Gasteiger partial charge >= 0.3 is 0 Å². The van der Waals surface area contributed by atoms with Crippen LogP contribution in [0.3, 0.4) is 0 Å². The van der Waals surface area contributed by atoms with Gasteiger partial charge in [0.2, 0.25) is 0 Å². The second-order valence-electron chi connectivity index (χ2n) is 4.26. The molecule has 0 spiro atoms. The first-order chi connectivity index (χ1) is 4.93. The lowest BCUT2D eigenvalue weighted by molar-refractivity contribution is -0.966. The summed E-state index contributed by atoms with van der Waals surface area (Å²) in [5.41, 5.74) is 0.401. The summed E-state index contributed by atoms with van der Waals surface area (Å²) in [6.07, 6.45) is 0. The van der Waals surface area contributed by atoms with Gasteiger partial charge in [0.1, 0.15) is 0 Å². The average molecular weight is 238 g/mol. The van der Waals surface area contributed by atoms with Gasteiger partial charge in [-0.2, -0.15) is 0 Å². The Balaban J connectivity index is 0. The Morgan fingerprint density at radius 2 is 1.08 bits per heavy atom. The summed E-state index contributed by atoms with van der Waals surface area (Å²) in [4.78, 5) is 0. The second-order valence-corrected chi connectivity index (χ2v) is 4.26. The Hall–Kier alpha value is 0.440. The van der Waals surface area contributed by atoms with Crippen LogP contribution in [0.25, 0.3) is 0 Å². The molecule has 0 amide bonds. The van der Waals surface area contributed by atoms with Gasteiger partial charge in [-0.25, -0.2) is 0 Å². The molecular weight excluding hydrogens is 214 g/mol. The molecule has 0 rings (SSSR count). The van der Waals surface area contributed by atoms with Crippen molar-refractivity contribution in [2.45, 2.75) is 47.1 Å². The van der Waals surface area contributed by atoms with Gasteiger partial charge < -0.3 is 21.5 Å². The van der Waals surface area contributed by atoms with Crippen LogP contribution in [0, 0.1) is 0 Å². The normalized spacial score (nSPS) is 12.5. The Labute approximate surface area is 88.5 Å². The van der Waals surface area contributed by atoms with Gasteiger partial charge in [0.25, 0.3) is 0 Å². The fourth-order valence-electron chi connectivity index (χ4n) is 2.09. The van der Waals surface area contributed by atoms with Crippen molar-refractivity contribution in [2.24, 2.45) is 0 Å². The molecule has 0 saturated heterocycles. The molecule has 0 N–H and O–H groups in total. The topological polar surface area (TPSA) is 0 Å². The van der Waals surface area contributed by atoms with Crippen LogP contribution in [0.1, 0.15) is 41.5 Å². The van der Waals surface area contributed by atoms with Crippen LogP contribution in [-0.2, 0) is 0 Å². The van der Waals surface area contributed by atoms with Crippen molar-refractivity contribution in [3.8, 4) is 0 Å². The van der Waals surface area contributed by atoms with E-state index in [1.165, 1.54) is 24.1 Å². The molecule has 0 aliphatic rings. The molecule has 0 aromatic rings. The summed E-state index contributed by atoms with van der Waals surface area (Å²) < 4.78 is 1.23. The van der Waals surface area contributed by atoms with Gasteiger partial charge in [0.15, 0.2) is 0 Å². The average Bonchev–Trinajstić information content (AvgIpc) is 1.90. The first kappa shape index (κ1) is 14.9. The first-order valence-corrected chi connectivity index (χ1v) is 4.79. The molecule has 0 radical (unpaired) electrons. The quantitative estimate of drug-likeness (QED) is 0.590. The standard InChI is InChI=1S/C10H24N.BrH/c1-7-11(8-2,9-3)10(4,5)6;/h7-9H2,1-6H3;1H/q+1;/p-1.